The number of hydrogen-bond acceptors (Lipinski definition) is 3. The monoisotopic (exact) mass is 199 g/mol. The maximum Gasteiger partial charge on any atom is 0.307 e. The average molecular weight is 199 g/mol. The molecule has 0 bridgehead atoms. The summed E-state index contributed by atoms with van der Waals surface area (Å²) in [6, 6.07) is 0.634. The van der Waals surface area contributed by atoms with Crippen LogP contribution in [0.2, 0.25) is 0 Å². The second-order valence-corrected chi connectivity index (χ2v) is 4.31. The summed E-state index contributed by atoms with van der Waals surface area (Å²) in [6.45, 7) is 6.52. The Morgan fingerprint density at radius 2 is 2.14 bits per heavy atom. The first kappa shape index (κ1) is 11.5. The molecule has 82 valence electrons. The maximum atomic E-state index is 11.4. The van der Waals surface area contributed by atoms with Crippen molar-refractivity contribution < 1.29 is 9.53 Å². The summed E-state index contributed by atoms with van der Waals surface area (Å²) >= 11 is 0. The van der Waals surface area contributed by atoms with Crippen molar-refractivity contribution >= 4 is 5.97 Å². The lowest BCUT2D eigenvalue weighted by atomic mass is 9.94. The van der Waals surface area contributed by atoms with Gasteiger partial charge in [0.05, 0.1) is 13.0 Å². The Morgan fingerprint density at radius 1 is 1.50 bits per heavy atom. The van der Waals surface area contributed by atoms with E-state index < -0.39 is 0 Å². The molecule has 0 spiro atoms. The third kappa shape index (κ3) is 3.66. The summed E-state index contributed by atoms with van der Waals surface area (Å²) in [5, 5.41) is 3.51. The molecular weight excluding hydrogens is 178 g/mol. The molecule has 0 unspecified atom stereocenters. The van der Waals surface area contributed by atoms with E-state index in [-0.39, 0.29) is 11.5 Å². The average Bonchev–Trinajstić information content (AvgIpc) is 2.88. The van der Waals surface area contributed by atoms with Crippen LogP contribution in [-0.4, -0.2) is 24.2 Å². The molecule has 14 heavy (non-hydrogen) atoms. The van der Waals surface area contributed by atoms with Crippen molar-refractivity contribution in [3.8, 4) is 0 Å². The van der Waals surface area contributed by atoms with Gasteiger partial charge in [-0.2, -0.15) is 0 Å². The lowest BCUT2D eigenvalue weighted by molar-refractivity contribution is -0.144. The van der Waals surface area contributed by atoms with Gasteiger partial charge < -0.3 is 10.1 Å². The van der Waals surface area contributed by atoms with Crippen LogP contribution < -0.4 is 5.32 Å². The highest BCUT2D eigenvalue weighted by atomic mass is 16.5. The van der Waals surface area contributed by atoms with Crippen molar-refractivity contribution in [1.82, 2.24) is 5.32 Å². The van der Waals surface area contributed by atoms with Crippen LogP contribution >= 0.6 is 0 Å². The number of hydrogen-bond donors (Lipinski definition) is 1. The van der Waals surface area contributed by atoms with Gasteiger partial charge in [0.2, 0.25) is 0 Å². The van der Waals surface area contributed by atoms with Crippen molar-refractivity contribution in [3.05, 3.63) is 0 Å². The van der Waals surface area contributed by atoms with Gasteiger partial charge in [-0.15, -0.1) is 0 Å². The Morgan fingerprint density at radius 3 is 2.57 bits per heavy atom. The van der Waals surface area contributed by atoms with Crippen LogP contribution in [0.4, 0.5) is 0 Å². The van der Waals surface area contributed by atoms with Crippen LogP contribution in [0, 0.1) is 0 Å². The molecule has 0 aromatic rings. The minimum absolute atomic E-state index is 0.0760. The molecule has 0 aromatic carbocycles. The summed E-state index contributed by atoms with van der Waals surface area (Å²) in [5.41, 5.74) is -0.0760. The van der Waals surface area contributed by atoms with Gasteiger partial charge in [0.25, 0.3) is 0 Å². The number of esters is 1. The van der Waals surface area contributed by atoms with Crippen LogP contribution in [0.15, 0.2) is 0 Å². The fraction of sp³-hybridized carbons (Fsp3) is 0.909. The molecule has 3 nitrogen and oxygen atoms in total. The van der Waals surface area contributed by atoms with Crippen LogP contribution in [0.25, 0.3) is 0 Å². The highest BCUT2D eigenvalue weighted by molar-refractivity contribution is 5.70. The number of carbonyl (C=O) groups excluding carboxylic acids is 1. The molecule has 1 aliphatic carbocycles. The summed E-state index contributed by atoms with van der Waals surface area (Å²) in [4.78, 5) is 11.4. The largest absolute Gasteiger partial charge is 0.466 e. The number of nitrogens with one attached hydrogen (secondary N) is 1. The standard InChI is InChI=1S/C11H21NO2/c1-4-11(3,12-9-6-7-9)8-10(13)14-5-2/h9,12H,4-8H2,1-3H3/t11-/m0/s1. The van der Waals surface area contributed by atoms with Gasteiger partial charge in [-0.25, -0.2) is 0 Å². The molecule has 1 fully saturated rings. The fourth-order valence-electron chi connectivity index (χ4n) is 1.53. The van der Waals surface area contributed by atoms with Crippen LogP contribution in [0.1, 0.15) is 46.5 Å². The Kier molecular flexibility index (Phi) is 3.93. The molecule has 0 aliphatic heterocycles. The van der Waals surface area contributed by atoms with Crippen LogP contribution in [0.5, 0.6) is 0 Å². The van der Waals surface area contributed by atoms with Gasteiger partial charge in [0.1, 0.15) is 0 Å². The highest BCUT2D eigenvalue weighted by Crippen LogP contribution is 2.25. The Balaban J connectivity index is 2.37. The maximum absolute atomic E-state index is 11.4. The zero-order valence-corrected chi connectivity index (χ0v) is 9.43. The predicted molar refractivity (Wildman–Crippen MR) is 56.1 cm³/mol. The van der Waals surface area contributed by atoms with Gasteiger partial charge >= 0.3 is 5.97 Å². The Bertz CT molecular complexity index is 201. The molecule has 1 saturated carbocycles. The summed E-state index contributed by atoms with van der Waals surface area (Å²) < 4.78 is 4.96. The summed E-state index contributed by atoms with van der Waals surface area (Å²) in [5.74, 6) is -0.0926. The molecule has 0 heterocycles. The summed E-state index contributed by atoms with van der Waals surface area (Å²) in [6.07, 6.45) is 3.94. The van der Waals surface area contributed by atoms with E-state index in [4.69, 9.17) is 4.74 Å². The molecule has 1 aliphatic rings. The molecule has 0 radical (unpaired) electrons. The zero-order chi connectivity index (χ0) is 10.6. The second kappa shape index (κ2) is 4.78. The Labute approximate surface area is 86.2 Å². The van der Waals surface area contributed by atoms with Gasteiger partial charge in [0.15, 0.2) is 0 Å². The quantitative estimate of drug-likeness (QED) is 0.664. The molecule has 0 aromatic heterocycles. The van der Waals surface area contributed by atoms with E-state index in [1.54, 1.807) is 0 Å². The molecule has 0 saturated heterocycles. The van der Waals surface area contributed by atoms with Crippen molar-refractivity contribution in [3.63, 3.8) is 0 Å². The zero-order valence-electron chi connectivity index (χ0n) is 9.43. The molecule has 0 amide bonds. The summed E-state index contributed by atoms with van der Waals surface area (Å²) in [7, 11) is 0. The smallest absolute Gasteiger partial charge is 0.307 e. The third-order valence-corrected chi connectivity index (χ3v) is 2.75. The highest BCUT2D eigenvalue weighted by Gasteiger charge is 2.33. The van der Waals surface area contributed by atoms with Gasteiger partial charge in [-0.1, -0.05) is 6.92 Å². The first-order chi connectivity index (χ1) is 6.59. The molecular formula is C11H21NO2. The van der Waals surface area contributed by atoms with Gasteiger partial charge in [-0.05, 0) is 33.1 Å². The van der Waals surface area contributed by atoms with Crippen molar-refractivity contribution in [2.75, 3.05) is 6.61 Å². The van der Waals surface area contributed by atoms with Gasteiger partial charge in [0, 0.05) is 11.6 Å². The normalized spacial score (nSPS) is 20.2. The van der Waals surface area contributed by atoms with E-state index in [9.17, 15) is 4.79 Å². The number of rotatable bonds is 6. The molecule has 1 rings (SSSR count). The first-order valence-corrected chi connectivity index (χ1v) is 5.53. The van der Waals surface area contributed by atoms with Crippen molar-refractivity contribution in [2.24, 2.45) is 0 Å². The molecule has 1 atom stereocenters. The second-order valence-electron chi connectivity index (χ2n) is 4.31. The van der Waals surface area contributed by atoms with E-state index in [0.717, 1.165) is 6.42 Å². The predicted octanol–water partition coefficient (Wildman–Crippen LogP) is 1.86. The van der Waals surface area contributed by atoms with Gasteiger partial charge in [-0.3, -0.25) is 4.79 Å². The lowest BCUT2D eigenvalue weighted by Gasteiger charge is -2.28. The van der Waals surface area contributed by atoms with E-state index >= 15 is 0 Å². The van der Waals surface area contributed by atoms with E-state index in [1.807, 2.05) is 6.92 Å². The minimum Gasteiger partial charge on any atom is -0.466 e. The van der Waals surface area contributed by atoms with Crippen LogP contribution in [-0.2, 0) is 9.53 Å². The van der Waals surface area contributed by atoms with E-state index in [1.165, 1.54) is 12.8 Å². The van der Waals surface area contributed by atoms with Crippen molar-refractivity contribution in [2.45, 2.75) is 58.0 Å². The van der Waals surface area contributed by atoms with Crippen molar-refractivity contribution in [1.29, 1.82) is 0 Å². The van der Waals surface area contributed by atoms with E-state index in [2.05, 4.69) is 19.2 Å². The Hall–Kier alpha value is -0.570. The minimum atomic E-state index is -0.0926. The SMILES string of the molecule is CCOC(=O)C[C@](C)(CC)NC1CC1. The lowest BCUT2D eigenvalue weighted by Crippen LogP contribution is -2.45. The van der Waals surface area contributed by atoms with Crippen LogP contribution in [0.3, 0.4) is 0 Å². The van der Waals surface area contributed by atoms with E-state index in [0.29, 0.717) is 19.1 Å². The topological polar surface area (TPSA) is 38.3 Å². The first-order valence-electron chi connectivity index (χ1n) is 5.53. The third-order valence-electron chi connectivity index (χ3n) is 2.75. The molecule has 3 heteroatoms. The number of carbonyl (C=O) groups is 1. The molecule has 1 N–H and O–H groups in total. The number of ether oxygens (including phenoxy) is 1. The fourth-order valence-corrected chi connectivity index (χ4v) is 1.53.